The molecule has 2 heterocycles. The molecule has 8 heteroatoms. The van der Waals surface area contributed by atoms with E-state index in [1.165, 1.54) is 25.9 Å². The predicted octanol–water partition coefficient (Wildman–Crippen LogP) is 1.83. The van der Waals surface area contributed by atoms with E-state index in [2.05, 4.69) is 37.6 Å². The largest absolute Gasteiger partial charge is 0.356 e. The van der Waals surface area contributed by atoms with Gasteiger partial charge < -0.3 is 20.1 Å². The Balaban J connectivity index is 0.00000288. The Morgan fingerprint density at radius 2 is 2.00 bits per heavy atom. The molecule has 0 saturated carbocycles. The molecule has 0 spiro atoms. The van der Waals surface area contributed by atoms with Gasteiger partial charge in [0.1, 0.15) is 0 Å². The van der Waals surface area contributed by atoms with Crippen LogP contribution < -0.4 is 10.6 Å². The summed E-state index contributed by atoms with van der Waals surface area (Å²) in [5.74, 6) is 3.06. The number of likely N-dealkylation sites (tertiary alicyclic amines) is 1. The minimum Gasteiger partial charge on any atom is -0.356 e. The van der Waals surface area contributed by atoms with Gasteiger partial charge in [0.05, 0.1) is 0 Å². The highest BCUT2D eigenvalue weighted by Gasteiger charge is 2.14. The maximum atomic E-state index is 5.09. The smallest absolute Gasteiger partial charge is 0.228 e. The second kappa shape index (κ2) is 11.6. The number of halogens is 1. The number of rotatable bonds is 7. The van der Waals surface area contributed by atoms with Crippen LogP contribution in [-0.2, 0) is 6.42 Å². The average Bonchev–Trinajstić information content (AvgIpc) is 2.97. The molecule has 138 valence electrons. The van der Waals surface area contributed by atoms with Crippen LogP contribution in [0.3, 0.4) is 0 Å². The van der Waals surface area contributed by atoms with Crippen LogP contribution in [-0.4, -0.2) is 60.8 Å². The fourth-order valence-electron chi connectivity index (χ4n) is 2.75. The number of nitrogens with zero attached hydrogens (tertiary/aromatic N) is 4. The second-order valence-electron chi connectivity index (χ2n) is 6.29. The molecule has 0 aromatic carbocycles. The first-order valence-corrected chi connectivity index (χ1v) is 8.63. The Bertz CT molecular complexity index is 485. The SMILES string of the molecule is CN=C(NCCCN1CCC(C)CC1)NCCc1nc(C)no1.I. The highest BCUT2D eigenvalue weighted by molar-refractivity contribution is 14.0. The van der Waals surface area contributed by atoms with Gasteiger partial charge in [0, 0.05) is 26.6 Å². The van der Waals surface area contributed by atoms with Crippen LogP contribution in [0.15, 0.2) is 9.52 Å². The van der Waals surface area contributed by atoms with E-state index in [-0.39, 0.29) is 24.0 Å². The summed E-state index contributed by atoms with van der Waals surface area (Å²) in [6.45, 7) is 9.50. The Morgan fingerprint density at radius 1 is 1.29 bits per heavy atom. The summed E-state index contributed by atoms with van der Waals surface area (Å²) < 4.78 is 5.09. The van der Waals surface area contributed by atoms with Crippen LogP contribution in [0.4, 0.5) is 0 Å². The van der Waals surface area contributed by atoms with Crippen LogP contribution >= 0.6 is 24.0 Å². The monoisotopic (exact) mass is 450 g/mol. The van der Waals surface area contributed by atoms with E-state index in [0.717, 1.165) is 37.9 Å². The number of piperidine rings is 1. The number of hydrogen-bond acceptors (Lipinski definition) is 5. The maximum Gasteiger partial charge on any atom is 0.228 e. The molecule has 1 aliphatic rings. The summed E-state index contributed by atoms with van der Waals surface area (Å²) in [6, 6.07) is 0. The molecule has 0 bridgehead atoms. The third-order valence-corrected chi connectivity index (χ3v) is 4.24. The molecule has 24 heavy (non-hydrogen) atoms. The van der Waals surface area contributed by atoms with E-state index in [1.807, 2.05) is 6.92 Å². The number of aromatic nitrogens is 2. The van der Waals surface area contributed by atoms with Gasteiger partial charge in [-0.3, -0.25) is 4.99 Å². The fourth-order valence-corrected chi connectivity index (χ4v) is 2.75. The van der Waals surface area contributed by atoms with E-state index in [1.54, 1.807) is 7.05 Å². The van der Waals surface area contributed by atoms with E-state index >= 15 is 0 Å². The molecular weight excluding hydrogens is 419 g/mol. The minimum atomic E-state index is 0. The van der Waals surface area contributed by atoms with Crippen LogP contribution in [0.25, 0.3) is 0 Å². The Morgan fingerprint density at radius 3 is 2.62 bits per heavy atom. The van der Waals surface area contributed by atoms with Crippen LogP contribution in [0.2, 0.25) is 0 Å². The molecule has 1 fully saturated rings. The predicted molar refractivity (Wildman–Crippen MR) is 107 cm³/mol. The lowest BCUT2D eigenvalue weighted by Gasteiger charge is -2.30. The molecule has 1 aliphatic heterocycles. The van der Waals surface area contributed by atoms with E-state index < -0.39 is 0 Å². The first-order valence-electron chi connectivity index (χ1n) is 8.63. The van der Waals surface area contributed by atoms with Crippen molar-refractivity contribution in [2.45, 2.75) is 39.5 Å². The summed E-state index contributed by atoms with van der Waals surface area (Å²) in [4.78, 5) is 11.0. The molecule has 0 radical (unpaired) electrons. The molecule has 2 N–H and O–H groups in total. The van der Waals surface area contributed by atoms with Gasteiger partial charge in [-0.1, -0.05) is 12.1 Å². The zero-order valence-electron chi connectivity index (χ0n) is 15.0. The van der Waals surface area contributed by atoms with Gasteiger partial charge in [-0.2, -0.15) is 4.98 Å². The molecule has 1 aromatic heterocycles. The highest BCUT2D eigenvalue weighted by Crippen LogP contribution is 2.15. The van der Waals surface area contributed by atoms with Crippen LogP contribution in [0, 0.1) is 12.8 Å². The van der Waals surface area contributed by atoms with Gasteiger partial charge in [-0.25, -0.2) is 0 Å². The van der Waals surface area contributed by atoms with Crippen molar-refractivity contribution in [3.8, 4) is 0 Å². The van der Waals surface area contributed by atoms with Crippen LogP contribution in [0.1, 0.15) is 37.9 Å². The topological polar surface area (TPSA) is 78.6 Å². The van der Waals surface area contributed by atoms with Crippen molar-refractivity contribution in [1.29, 1.82) is 0 Å². The van der Waals surface area contributed by atoms with Crippen molar-refractivity contribution in [2.24, 2.45) is 10.9 Å². The molecule has 0 amide bonds. The van der Waals surface area contributed by atoms with Gasteiger partial charge in [0.25, 0.3) is 0 Å². The third kappa shape index (κ3) is 7.78. The normalized spacial score (nSPS) is 16.7. The van der Waals surface area contributed by atoms with Crippen molar-refractivity contribution < 1.29 is 4.52 Å². The minimum absolute atomic E-state index is 0. The van der Waals surface area contributed by atoms with Crippen molar-refractivity contribution in [2.75, 3.05) is 39.8 Å². The lowest BCUT2D eigenvalue weighted by atomic mass is 9.99. The fraction of sp³-hybridized carbons (Fsp3) is 0.812. The zero-order chi connectivity index (χ0) is 16.5. The van der Waals surface area contributed by atoms with E-state index in [4.69, 9.17) is 4.52 Å². The molecular formula is C16H31IN6O. The average molecular weight is 450 g/mol. The van der Waals surface area contributed by atoms with Crippen molar-refractivity contribution in [1.82, 2.24) is 25.7 Å². The van der Waals surface area contributed by atoms with Gasteiger partial charge >= 0.3 is 0 Å². The molecule has 0 atom stereocenters. The number of aryl methyl sites for hydroxylation is 1. The molecule has 0 aliphatic carbocycles. The molecule has 7 nitrogen and oxygen atoms in total. The van der Waals surface area contributed by atoms with Crippen molar-refractivity contribution in [3.05, 3.63) is 11.7 Å². The number of nitrogens with one attached hydrogen (secondary N) is 2. The van der Waals surface area contributed by atoms with Gasteiger partial charge in [0.2, 0.25) is 5.89 Å². The summed E-state index contributed by atoms with van der Waals surface area (Å²) >= 11 is 0. The number of aliphatic imine (C=N–C) groups is 1. The Kier molecular flexibility index (Phi) is 10.2. The Hall–Kier alpha value is -0.900. The van der Waals surface area contributed by atoms with Gasteiger partial charge in [0.15, 0.2) is 11.8 Å². The summed E-state index contributed by atoms with van der Waals surface area (Å²) in [6.07, 6.45) is 4.52. The highest BCUT2D eigenvalue weighted by atomic mass is 127. The molecule has 0 unspecified atom stereocenters. The molecule has 2 rings (SSSR count). The molecule has 1 saturated heterocycles. The van der Waals surface area contributed by atoms with Crippen molar-refractivity contribution in [3.63, 3.8) is 0 Å². The van der Waals surface area contributed by atoms with Gasteiger partial charge in [-0.15, -0.1) is 24.0 Å². The zero-order valence-corrected chi connectivity index (χ0v) is 17.4. The number of hydrogen-bond donors (Lipinski definition) is 2. The summed E-state index contributed by atoms with van der Waals surface area (Å²) in [5, 5.41) is 10.4. The Labute approximate surface area is 162 Å². The maximum absolute atomic E-state index is 5.09. The molecule has 1 aromatic rings. The standard InChI is InChI=1S/C16H30N6O.HI/c1-13-6-11-22(12-7-13)10-4-8-18-16(17-3)19-9-5-15-20-14(2)21-23-15;/h13H,4-12H2,1-3H3,(H2,17,18,19);1H. The first-order chi connectivity index (χ1) is 11.2. The second-order valence-corrected chi connectivity index (χ2v) is 6.29. The van der Waals surface area contributed by atoms with Crippen LogP contribution in [0.5, 0.6) is 0 Å². The third-order valence-electron chi connectivity index (χ3n) is 4.24. The summed E-state index contributed by atoms with van der Waals surface area (Å²) in [5.41, 5.74) is 0. The lowest BCUT2D eigenvalue weighted by Crippen LogP contribution is -2.40. The van der Waals surface area contributed by atoms with E-state index in [0.29, 0.717) is 18.1 Å². The lowest BCUT2D eigenvalue weighted by molar-refractivity contribution is 0.191. The van der Waals surface area contributed by atoms with E-state index in [9.17, 15) is 0 Å². The first kappa shape index (κ1) is 21.1. The quantitative estimate of drug-likeness (QED) is 0.286. The number of guanidine groups is 1. The summed E-state index contributed by atoms with van der Waals surface area (Å²) in [7, 11) is 1.79. The van der Waals surface area contributed by atoms with Crippen molar-refractivity contribution >= 4 is 29.9 Å². The van der Waals surface area contributed by atoms with Gasteiger partial charge in [-0.05, 0) is 51.7 Å².